The van der Waals surface area contributed by atoms with Gasteiger partial charge in [-0.25, -0.2) is 4.39 Å². The second kappa shape index (κ2) is 4.37. The molecular weight excluding hydrogens is 282 g/mol. The molecule has 0 aromatic heterocycles. The molecule has 3 heteroatoms. The summed E-state index contributed by atoms with van der Waals surface area (Å²) in [7, 11) is 0. The Hall–Kier alpha value is -0.160. The Morgan fingerprint density at radius 2 is 2.00 bits per heavy atom. The summed E-state index contributed by atoms with van der Waals surface area (Å²) in [5.41, 5.74) is 0.391. The number of hydrogen-bond acceptors (Lipinski definition) is 1. The molecule has 0 fully saturated rings. The van der Waals surface area contributed by atoms with Crippen LogP contribution >= 0.6 is 22.6 Å². The number of aliphatic hydroxyl groups excluding tert-OH is 1. The Bertz CT molecular complexity index is 299. The van der Waals surface area contributed by atoms with E-state index in [2.05, 4.69) is 22.6 Å². The Morgan fingerprint density at radius 1 is 1.38 bits per heavy atom. The number of rotatable bonds is 2. The average Bonchev–Trinajstić information content (AvgIpc) is 2.08. The molecule has 1 aromatic rings. The molecule has 1 aromatic carbocycles. The van der Waals surface area contributed by atoms with Crippen LogP contribution in [-0.2, 0) is 0 Å². The zero-order valence-corrected chi connectivity index (χ0v) is 9.75. The van der Waals surface area contributed by atoms with E-state index in [0.29, 0.717) is 5.56 Å². The van der Waals surface area contributed by atoms with E-state index < -0.39 is 6.10 Å². The second-order valence-electron chi connectivity index (χ2n) is 3.35. The summed E-state index contributed by atoms with van der Waals surface area (Å²) >= 11 is 2.10. The van der Waals surface area contributed by atoms with Crippen molar-refractivity contribution in [2.75, 3.05) is 0 Å². The minimum absolute atomic E-state index is 0.0349. The van der Waals surface area contributed by atoms with Gasteiger partial charge in [0.25, 0.3) is 0 Å². The first-order valence-corrected chi connectivity index (χ1v) is 5.23. The van der Waals surface area contributed by atoms with Crippen LogP contribution in [0.3, 0.4) is 0 Å². The molecule has 0 aliphatic rings. The van der Waals surface area contributed by atoms with E-state index in [1.807, 2.05) is 13.8 Å². The standard InChI is InChI=1S/C10H12FIO/c1-6(2)10(13)8-5-7(12)3-4-9(8)11/h3-6,10,13H,1-2H3. The monoisotopic (exact) mass is 294 g/mol. The van der Waals surface area contributed by atoms with E-state index in [1.165, 1.54) is 6.07 Å². The van der Waals surface area contributed by atoms with E-state index in [1.54, 1.807) is 12.1 Å². The first-order chi connectivity index (χ1) is 6.02. The summed E-state index contributed by atoms with van der Waals surface area (Å²) in [5, 5.41) is 9.66. The molecular formula is C10H12FIO. The average molecular weight is 294 g/mol. The van der Waals surface area contributed by atoms with Crippen LogP contribution < -0.4 is 0 Å². The minimum atomic E-state index is -0.713. The van der Waals surface area contributed by atoms with Crippen molar-refractivity contribution in [3.63, 3.8) is 0 Å². The Balaban J connectivity index is 3.05. The zero-order chi connectivity index (χ0) is 10.0. The van der Waals surface area contributed by atoms with Crippen LogP contribution in [-0.4, -0.2) is 5.11 Å². The van der Waals surface area contributed by atoms with Crippen molar-refractivity contribution in [3.05, 3.63) is 33.1 Å². The molecule has 0 saturated carbocycles. The fraction of sp³-hybridized carbons (Fsp3) is 0.400. The lowest BCUT2D eigenvalue weighted by molar-refractivity contribution is 0.123. The van der Waals surface area contributed by atoms with Gasteiger partial charge in [-0.3, -0.25) is 0 Å². The van der Waals surface area contributed by atoms with Gasteiger partial charge in [0, 0.05) is 9.13 Å². The maximum atomic E-state index is 13.2. The van der Waals surface area contributed by atoms with E-state index in [9.17, 15) is 9.50 Å². The van der Waals surface area contributed by atoms with Crippen LogP contribution in [0.5, 0.6) is 0 Å². The lowest BCUT2D eigenvalue weighted by Crippen LogP contribution is -2.07. The van der Waals surface area contributed by atoms with Gasteiger partial charge in [-0.15, -0.1) is 0 Å². The second-order valence-corrected chi connectivity index (χ2v) is 4.60. The molecule has 0 bridgehead atoms. The van der Waals surface area contributed by atoms with E-state index >= 15 is 0 Å². The van der Waals surface area contributed by atoms with Crippen molar-refractivity contribution in [1.82, 2.24) is 0 Å². The van der Waals surface area contributed by atoms with Crippen molar-refractivity contribution < 1.29 is 9.50 Å². The van der Waals surface area contributed by atoms with Crippen LogP contribution in [0.1, 0.15) is 25.5 Å². The fourth-order valence-corrected chi connectivity index (χ4v) is 1.62. The van der Waals surface area contributed by atoms with Crippen LogP contribution in [0.4, 0.5) is 4.39 Å². The lowest BCUT2D eigenvalue weighted by Gasteiger charge is -2.15. The predicted octanol–water partition coefficient (Wildman–Crippen LogP) is 3.12. The van der Waals surface area contributed by atoms with Crippen molar-refractivity contribution in [1.29, 1.82) is 0 Å². The molecule has 13 heavy (non-hydrogen) atoms. The largest absolute Gasteiger partial charge is 0.388 e. The number of benzene rings is 1. The van der Waals surface area contributed by atoms with Crippen molar-refractivity contribution in [2.45, 2.75) is 20.0 Å². The molecule has 0 aliphatic carbocycles. The molecule has 0 aliphatic heterocycles. The van der Waals surface area contributed by atoms with E-state index in [4.69, 9.17) is 0 Å². The van der Waals surface area contributed by atoms with Gasteiger partial charge in [-0.05, 0) is 46.7 Å². The van der Waals surface area contributed by atoms with Gasteiger partial charge in [-0.2, -0.15) is 0 Å². The third-order valence-electron chi connectivity index (χ3n) is 1.91. The smallest absolute Gasteiger partial charge is 0.129 e. The van der Waals surface area contributed by atoms with Gasteiger partial charge in [0.05, 0.1) is 6.10 Å². The molecule has 0 radical (unpaired) electrons. The highest BCUT2D eigenvalue weighted by Gasteiger charge is 2.16. The topological polar surface area (TPSA) is 20.2 Å². The molecule has 1 rings (SSSR count). The van der Waals surface area contributed by atoms with Crippen LogP contribution in [0.2, 0.25) is 0 Å². The summed E-state index contributed by atoms with van der Waals surface area (Å²) < 4.78 is 14.2. The van der Waals surface area contributed by atoms with Gasteiger partial charge in [0.15, 0.2) is 0 Å². The highest BCUT2D eigenvalue weighted by atomic mass is 127. The van der Waals surface area contributed by atoms with Crippen LogP contribution in [0, 0.1) is 15.3 Å². The van der Waals surface area contributed by atoms with Gasteiger partial charge in [-0.1, -0.05) is 13.8 Å². The van der Waals surface area contributed by atoms with Gasteiger partial charge >= 0.3 is 0 Å². The quantitative estimate of drug-likeness (QED) is 0.831. The molecule has 0 amide bonds. The number of halogens is 2. The van der Waals surface area contributed by atoms with Gasteiger partial charge < -0.3 is 5.11 Å². The van der Waals surface area contributed by atoms with E-state index in [0.717, 1.165) is 3.57 Å². The van der Waals surface area contributed by atoms with Crippen LogP contribution in [0.15, 0.2) is 18.2 Å². The molecule has 0 spiro atoms. The summed E-state index contributed by atoms with van der Waals surface area (Å²) in [4.78, 5) is 0. The Morgan fingerprint density at radius 3 is 2.54 bits per heavy atom. The third kappa shape index (κ3) is 2.64. The maximum absolute atomic E-state index is 13.2. The summed E-state index contributed by atoms with van der Waals surface area (Å²) in [6.45, 7) is 3.73. The van der Waals surface area contributed by atoms with Crippen molar-refractivity contribution in [3.8, 4) is 0 Å². The SMILES string of the molecule is CC(C)C(O)c1cc(I)ccc1F. The van der Waals surface area contributed by atoms with Gasteiger partial charge in [0.2, 0.25) is 0 Å². The molecule has 1 unspecified atom stereocenters. The van der Waals surface area contributed by atoms with Crippen molar-refractivity contribution >= 4 is 22.6 Å². The zero-order valence-electron chi connectivity index (χ0n) is 7.59. The third-order valence-corrected chi connectivity index (χ3v) is 2.58. The molecule has 1 atom stereocenters. The Labute approximate surface area is 91.1 Å². The normalized spacial score (nSPS) is 13.4. The van der Waals surface area contributed by atoms with Crippen LogP contribution in [0.25, 0.3) is 0 Å². The first-order valence-electron chi connectivity index (χ1n) is 4.15. The molecule has 72 valence electrons. The lowest BCUT2D eigenvalue weighted by atomic mass is 9.99. The molecule has 0 saturated heterocycles. The maximum Gasteiger partial charge on any atom is 0.129 e. The summed E-state index contributed by atoms with van der Waals surface area (Å²) in [6, 6.07) is 4.76. The summed E-state index contributed by atoms with van der Waals surface area (Å²) in [5.74, 6) is -0.297. The first kappa shape index (κ1) is 10.9. The van der Waals surface area contributed by atoms with E-state index in [-0.39, 0.29) is 11.7 Å². The Kier molecular flexibility index (Phi) is 3.67. The molecule has 1 N–H and O–H groups in total. The molecule has 1 nitrogen and oxygen atoms in total. The number of hydrogen-bond donors (Lipinski definition) is 1. The highest BCUT2D eigenvalue weighted by molar-refractivity contribution is 14.1. The minimum Gasteiger partial charge on any atom is -0.388 e. The number of aliphatic hydroxyl groups is 1. The fourth-order valence-electron chi connectivity index (χ4n) is 1.10. The highest BCUT2D eigenvalue weighted by Crippen LogP contribution is 2.25. The predicted molar refractivity (Wildman–Crippen MR) is 58.9 cm³/mol. The summed E-state index contributed by atoms with van der Waals surface area (Å²) in [6.07, 6.45) is -0.713. The molecule has 0 heterocycles. The van der Waals surface area contributed by atoms with Gasteiger partial charge in [0.1, 0.15) is 5.82 Å². The van der Waals surface area contributed by atoms with Crippen molar-refractivity contribution in [2.24, 2.45) is 5.92 Å².